The highest BCUT2D eigenvalue weighted by Crippen LogP contribution is 2.28. The SMILES string of the molecule is CCCc1ccc(CCNC(=O)[C@@H](Cc2ccc(Cl)cc2Cl)NC(=N)NC(=O)Cc2ccc(OC)c(OC)c2)cc1OC. The number of carbonyl (C=O) groups excluding carboxylic acids is 2. The van der Waals surface area contributed by atoms with Crippen molar-refractivity contribution in [3.8, 4) is 17.2 Å². The van der Waals surface area contributed by atoms with Crippen molar-refractivity contribution >= 4 is 41.0 Å². The highest BCUT2D eigenvalue weighted by Gasteiger charge is 2.22. The quantitative estimate of drug-likeness (QED) is 0.145. The first-order valence-corrected chi connectivity index (χ1v) is 14.7. The molecule has 0 aliphatic heterocycles. The molecule has 0 aliphatic rings. The Kier molecular flexibility index (Phi) is 13.0. The van der Waals surface area contributed by atoms with E-state index in [1.54, 1.807) is 43.5 Å². The Morgan fingerprint density at radius 2 is 1.51 bits per heavy atom. The topological polar surface area (TPSA) is 122 Å². The molecule has 4 N–H and O–H groups in total. The summed E-state index contributed by atoms with van der Waals surface area (Å²) in [5.74, 6) is 0.775. The van der Waals surface area contributed by atoms with Gasteiger partial charge in [0.25, 0.3) is 0 Å². The molecule has 1 atom stereocenters. The number of nitrogens with one attached hydrogen (secondary N) is 4. The summed E-state index contributed by atoms with van der Waals surface area (Å²) in [6.45, 7) is 2.48. The van der Waals surface area contributed by atoms with Crippen LogP contribution in [0.5, 0.6) is 17.2 Å². The van der Waals surface area contributed by atoms with Gasteiger partial charge in [-0.05, 0) is 65.4 Å². The van der Waals surface area contributed by atoms with Gasteiger partial charge in [-0.1, -0.05) is 60.8 Å². The fourth-order valence-corrected chi connectivity index (χ4v) is 5.05. The summed E-state index contributed by atoms with van der Waals surface area (Å²) in [7, 11) is 4.70. The van der Waals surface area contributed by atoms with E-state index in [-0.39, 0.29) is 24.7 Å². The zero-order valence-electron chi connectivity index (χ0n) is 24.8. The van der Waals surface area contributed by atoms with E-state index in [9.17, 15) is 9.59 Å². The zero-order chi connectivity index (χ0) is 31.4. The molecule has 3 aromatic carbocycles. The van der Waals surface area contributed by atoms with E-state index in [2.05, 4.69) is 28.9 Å². The first kappa shape index (κ1) is 33.6. The van der Waals surface area contributed by atoms with Gasteiger partial charge in [0, 0.05) is 23.0 Å². The third kappa shape index (κ3) is 10.1. The van der Waals surface area contributed by atoms with Crippen LogP contribution in [-0.2, 0) is 35.3 Å². The molecule has 3 aromatic rings. The normalized spacial score (nSPS) is 11.3. The van der Waals surface area contributed by atoms with Crippen LogP contribution in [0.2, 0.25) is 10.0 Å². The molecular formula is C32H38Cl2N4O5. The standard InChI is InChI=1S/C32H38Cl2N4O5/c1-5-6-22-9-7-20(15-28(22)42-3)13-14-36-31(40)26(18-23-10-11-24(33)19-25(23)34)37-32(35)38-30(39)17-21-8-12-27(41-2)29(16-21)43-4/h7-12,15-16,19,26H,5-6,13-14,17-18H2,1-4H3,(H,36,40)(H3,35,37,38,39)/t26-/m1/s1. The number of amides is 2. The van der Waals surface area contributed by atoms with Crippen LogP contribution in [-0.4, -0.2) is 51.7 Å². The Bertz CT molecular complexity index is 1430. The molecule has 3 rings (SSSR count). The van der Waals surface area contributed by atoms with Crippen LogP contribution >= 0.6 is 23.2 Å². The van der Waals surface area contributed by atoms with Crippen molar-refractivity contribution in [1.82, 2.24) is 16.0 Å². The average molecular weight is 630 g/mol. The Hall–Kier alpha value is -3.95. The summed E-state index contributed by atoms with van der Waals surface area (Å²) in [5, 5.41) is 17.5. The van der Waals surface area contributed by atoms with E-state index in [0.717, 1.165) is 29.7 Å². The number of hydrogen-bond donors (Lipinski definition) is 4. The lowest BCUT2D eigenvalue weighted by Gasteiger charge is -2.21. The highest BCUT2D eigenvalue weighted by molar-refractivity contribution is 6.35. The van der Waals surface area contributed by atoms with Gasteiger partial charge in [0.1, 0.15) is 11.8 Å². The van der Waals surface area contributed by atoms with E-state index in [1.807, 2.05) is 12.1 Å². The second kappa shape index (κ2) is 16.6. The second-order valence-electron chi connectivity index (χ2n) is 9.86. The number of guanidine groups is 1. The minimum atomic E-state index is -0.894. The zero-order valence-corrected chi connectivity index (χ0v) is 26.3. The van der Waals surface area contributed by atoms with Crippen molar-refractivity contribution in [1.29, 1.82) is 5.41 Å². The molecule has 11 heteroatoms. The molecule has 0 bridgehead atoms. The van der Waals surface area contributed by atoms with E-state index >= 15 is 0 Å². The van der Waals surface area contributed by atoms with E-state index in [4.69, 9.17) is 42.8 Å². The van der Waals surface area contributed by atoms with Crippen LogP contribution in [0.15, 0.2) is 54.6 Å². The third-order valence-electron chi connectivity index (χ3n) is 6.73. The Morgan fingerprint density at radius 1 is 0.837 bits per heavy atom. The minimum Gasteiger partial charge on any atom is -0.496 e. The number of halogens is 2. The van der Waals surface area contributed by atoms with Gasteiger partial charge in [0.15, 0.2) is 17.5 Å². The maximum absolute atomic E-state index is 13.3. The lowest BCUT2D eigenvalue weighted by atomic mass is 10.0. The summed E-state index contributed by atoms with van der Waals surface area (Å²) < 4.78 is 16.1. The Labute approximate surface area is 262 Å². The van der Waals surface area contributed by atoms with E-state index < -0.39 is 11.9 Å². The van der Waals surface area contributed by atoms with Crippen molar-refractivity contribution in [3.63, 3.8) is 0 Å². The molecular weight excluding hydrogens is 591 g/mol. The number of aryl methyl sites for hydroxylation is 1. The molecule has 0 spiro atoms. The molecule has 0 unspecified atom stereocenters. The fraction of sp³-hybridized carbons (Fsp3) is 0.344. The number of ether oxygens (including phenoxy) is 3. The van der Waals surface area contributed by atoms with Gasteiger partial charge in [-0.3, -0.25) is 20.3 Å². The lowest BCUT2D eigenvalue weighted by Crippen LogP contribution is -2.52. The summed E-state index contributed by atoms with van der Waals surface area (Å²) in [6.07, 6.45) is 2.68. The van der Waals surface area contributed by atoms with Crippen LogP contribution in [0.1, 0.15) is 35.6 Å². The smallest absolute Gasteiger partial charge is 0.242 e. The molecule has 9 nitrogen and oxygen atoms in total. The maximum atomic E-state index is 13.3. The second-order valence-corrected chi connectivity index (χ2v) is 10.7. The monoisotopic (exact) mass is 628 g/mol. The van der Waals surface area contributed by atoms with Crippen molar-refractivity contribution < 1.29 is 23.8 Å². The maximum Gasteiger partial charge on any atom is 0.242 e. The summed E-state index contributed by atoms with van der Waals surface area (Å²) in [5.41, 5.74) is 3.51. The number of methoxy groups -OCH3 is 3. The van der Waals surface area contributed by atoms with E-state index in [0.29, 0.717) is 45.6 Å². The van der Waals surface area contributed by atoms with Crippen LogP contribution in [0.3, 0.4) is 0 Å². The molecule has 0 saturated carbocycles. The number of hydrogen-bond acceptors (Lipinski definition) is 6. The van der Waals surface area contributed by atoms with Crippen LogP contribution in [0, 0.1) is 5.41 Å². The summed E-state index contributed by atoms with van der Waals surface area (Å²) in [6, 6.07) is 15.3. The fourth-order valence-electron chi connectivity index (χ4n) is 4.56. The van der Waals surface area contributed by atoms with Crippen molar-refractivity contribution in [2.75, 3.05) is 27.9 Å². The number of carbonyl (C=O) groups is 2. The molecule has 0 radical (unpaired) electrons. The van der Waals surface area contributed by atoms with Gasteiger partial charge in [-0.15, -0.1) is 0 Å². The molecule has 0 aromatic heterocycles. The van der Waals surface area contributed by atoms with Crippen molar-refractivity contribution in [3.05, 3.63) is 86.9 Å². The third-order valence-corrected chi connectivity index (χ3v) is 7.32. The molecule has 43 heavy (non-hydrogen) atoms. The van der Waals surface area contributed by atoms with Gasteiger partial charge in [0.2, 0.25) is 11.8 Å². The first-order chi connectivity index (χ1) is 20.7. The first-order valence-electron chi connectivity index (χ1n) is 13.9. The van der Waals surface area contributed by atoms with Gasteiger partial charge in [-0.25, -0.2) is 0 Å². The Morgan fingerprint density at radius 3 is 2.19 bits per heavy atom. The summed E-state index contributed by atoms with van der Waals surface area (Å²) in [4.78, 5) is 26.0. The average Bonchev–Trinajstić information content (AvgIpc) is 2.98. The van der Waals surface area contributed by atoms with Crippen molar-refractivity contribution in [2.24, 2.45) is 0 Å². The number of rotatable bonds is 14. The predicted octanol–water partition coefficient (Wildman–Crippen LogP) is 5.12. The molecule has 0 heterocycles. The van der Waals surface area contributed by atoms with Crippen molar-refractivity contribution in [2.45, 2.75) is 45.1 Å². The lowest BCUT2D eigenvalue weighted by molar-refractivity contribution is -0.123. The van der Waals surface area contributed by atoms with Gasteiger partial charge < -0.3 is 24.8 Å². The van der Waals surface area contributed by atoms with Crippen LogP contribution in [0.25, 0.3) is 0 Å². The molecule has 230 valence electrons. The minimum absolute atomic E-state index is 0.00913. The van der Waals surface area contributed by atoms with Crippen LogP contribution < -0.4 is 30.2 Å². The van der Waals surface area contributed by atoms with Gasteiger partial charge >= 0.3 is 0 Å². The summed E-state index contributed by atoms with van der Waals surface area (Å²) >= 11 is 12.4. The number of benzene rings is 3. The molecule has 0 saturated heterocycles. The molecule has 0 fully saturated rings. The van der Waals surface area contributed by atoms with Crippen LogP contribution in [0.4, 0.5) is 0 Å². The Balaban J connectivity index is 1.66. The molecule has 0 aliphatic carbocycles. The van der Waals surface area contributed by atoms with Gasteiger partial charge in [-0.2, -0.15) is 0 Å². The van der Waals surface area contributed by atoms with E-state index in [1.165, 1.54) is 14.2 Å². The largest absolute Gasteiger partial charge is 0.496 e. The molecule has 2 amide bonds. The van der Waals surface area contributed by atoms with Gasteiger partial charge in [0.05, 0.1) is 27.8 Å². The highest BCUT2D eigenvalue weighted by atomic mass is 35.5. The predicted molar refractivity (Wildman–Crippen MR) is 170 cm³/mol.